The molecule has 2 aromatic carbocycles. The molecule has 1 heterocycles. The Hall–Kier alpha value is -2.83. The first-order valence-corrected chi connectivity index (χ1v) is 8.67. The van der Waals surface area contributed by atoms with Crippen LogP contribution in [0.3, 0.4) is 0 Å². The van der Waals surface area contributed by atoms with Crippen LogP contribution < -0.4 is 15.6 Å². The zero-order chi connectivity index (χ0) is 19.4. The zero-order valence-corrected chi connectivity index (χ0v) is 15.8. The van der Waals surface area contributed by atoms with Crippen LogP contribution in [0.25, 0.3) is 11.3 Å². The highest BCUT2D eigenvalue weighted by molar-refractivity contribution is 6.42. The van der Waals surface area contributed by atoms with Gasteiger partial charge in [-0.3, -0.25) is 14.2 Å². The maximum atomic E-state index is 12.3. The van der Waals surface area contributed by atoms with Gasteiger partial charge in [-0.2, -0.15) is 0 Å². The Balaban J connectivity index is 1.72. The molecule has 0 aliphatic rings. The number of anilines is 1. The van der Waals surface area contributed by atoms with E-state index in [1.54, 1.807) is 31.4 Å². The summed E-state index contributed by atoms with van der Waals surface area (Å²) < 4.78 is 6.33. The van der Waals surface area contributed by atoms with Crippen LogP contribution in [0.4, 0.5) is 5.69 Å². The summed E-state index contributed by atoms with van der Waals surface area (Å²) in [7, 11) is 1.58. The van der Waals surface area contributed by atoms with Crippen LogP contribution in [0, 0.1) is 0 Å². The van der Waals surface area contributed by atoms with Crippen molar-refractivity contribution in [2.24, 2.45) is 0 Å². The van der Waals surface area contributed by atoms with E-state index in [1.165, 1.54) is 23.0 Å². The van der Waals surface area contributed by atoms with Crippen LogP contribution in [-0.4, -0.2) is 22.6 Å². The molecule has 1 aromatic heterocycles. The van der Waals surface area contributed by atoms with Crippen LogP contribution in [-0.2, 0) is 11.3 Å². The molecular formula is C19H15Cl2N3O3. The van der Waals surface area contributed by atoms with E-state index in [9.17, 15) is 9.59 Å². The third kappa shape index (κ3) is 4.67. The molecule has 0 saturated carbocycles. The first-order chi connectivity index (χ1) is 13.0. The Bertz CT molecular complexity index is 1030. The Kier molecular flexibility index (Phi) is 5.78. The average Bonchev–Trinajstić information content (AvgIpc) is 2.66. The van der Waals surface area contributed by atoms with Crippen molar-refractivity contribution in [2.45, 2.75) is 6.54 Å². The van der Waals surface area contributed by atoms with Gasteiger partial charge in [0.05, 0.1) is 29.2 Å². The second-order valence-electron chi connectivity index (χ2n) is 5.65. The van der Waals surface area contributed by atoms with Crippen molar-refractivity contribution >= 4 is 34.8 Å². The first-order valence-electron chi connectivity index (χ1n) is 7.92. The van der Waals surface area contributed by atoms with Crippen molar-refractivity contribution in [3.8, 4) is 17.0 Å². The molecule has 0 fully saturated rings. The lowest BCUT2D eigenvalue weighted by atomic mass is 10.1. The summed E-state index contributed by atoms with van der Waals surface area (Å²) in [6.45, 7) is -0.172. The van der Waals surface area contributed by atoms with Gasteiger partial charge < -0.3 is 10.1 Å². The van der Waals surface area contributed by atoms with Gasteiger partial charge in [-0.1, -0.05) is 23.2 Å². The number of nitrogens with zero attached hydrogens (tertiary/aromatic N) is 2. The normalized spacial score (nSPS) is 10.5. The summed E-state index contributed by atoms with van der Waals surface area (Å²) >= 11 is 11.8. The highest BCUT2D eigenvalue weighted by atomic mass is 35.5. The largest absolute Gasteiger partial charge is 0.497 e. The van der Waals surface area contributed by atoms with E-state index in [2.05, 4.69) is 10.3 Å². The third-order valence-corrected chi connectivity index (χ3v) is 4.52. The van der Waals surface area contributed by atoms with Crippen molar-refractivity contribution in [1.82, 2.24) is 9.55 Å². The number of carbonyl (C=O) groups is 1. The Morgan fingerprint density at radius 1 is 1.11 bits per heavy atom. The zero-order valence-electron chi connectivity index (χ0n) is 14.3. The van der Waals surface area contributed by atoms with Crippen LogP contribution >= 0.6 is 23.2 Å². The Morgan fingerprint density at radius 2 is 1.85 bits per heavy atom. The van der Waals surface area contributed by atoms with Crippen LogP contribution in [0.2, 0.25) is 10.0 Å². The second-order valence-corrected chi connectivity index (χ2v) is 6.46. The minimum Gasteiger partial charge on any atom is -0.497 e. The molecule has 1 amide bonds. The molecule has 27 heavy (non-hydrogen) atoms. The SMILES string of the molecule is COc1ccc(-c2cc(=O)n(CC(=O)Nc3ccc(Cl)c(Cl)c3)cn2)cc1. The molecule has 3 aromatic rings. The fourth-order valence-electron chi connectivity index (χ4n) is 2.39. The maximum absolute atomic E-state index is 12.3. The highest BCUT2D eigenvalue weighted by Crippen LogP contribution is 2.25. The van der Waals surface area contributed by atoms with Crippen molar-refractivity contribution in [1.29, 1.82) is 0 Å². The number of rotatable bonds is 5. The van der Waals surface area contributed by atoms with Crippen LogP contribution in [0.1, 0.15) is 0 Å². The number of amides is 1. The van der Waals surface area contributed by atoms with E-state index in [1.807, 2.05) is 12.1 Å². The molecular weight excluding hydrogens is 389 g/mol. The van der Waals surface area contributed by atoms with Gasteiger partial charge in [0.2, 0.25) is 5.91 Å². The quantitative estimate of drug-likeness (QED) is 0.701. The van der Waals surface area contributed by atoms with Crippen molar-refractivity contribution in [3.63, 3.8) is 0 Å². The molecule has 3 rings (SSSR count). The van der Waals surface area contributed by atoms with E-state index in [-0.39, 0.29) is 18.0 Å². The number of carbonyl (C=O) groups excluding carboxylic acids is 1. The summed E-state index contributed by atoms with van der Waals surface area (Å²) in [5.74, 6) is 0.334. The summed E-state index contributed by atoms with van der Waals surface area (Å²) in [5, 5.41) is 3.38. The van der Waals surface area contributed by atoms with E-state index < -0.39 is 0 Å². The first kappa shape index (κ1) is 18.9. The fraction of sp³-hybridized carbons (Fsp3) is 0.105. The van der Waals surface area contributed by atoms with Crippen LogP contribution in [0.5, 0.6) is 5.75 Å². The molecule has 0 saturated heterocycles. The van der Waals surface area contributed by atoms with Gasteiger partial charge in [-0.05, 0) is 42.5 Å². The monoisotopic (exact) mass is 403 g/mol. The predicted molar refractivity (Wildman–Crippen MR) is 106 cm³/mol. The molecule has 0 bridgehead atoms. The number of ether oxygens (including phenoxy) is 1. The topological polar surface area (TPSA) is 73.2 Å². The van der Waals surface area contributed by atoms with E-state index in [4.69, 9.17) is 27.9 Å². The van der Waals surface area contributed by atoms with Crippen LogP contribution in [0.15, 0.2) is 59.7 Å². The standard InChI is InChI=1S/C19H15Cl2N3O3/c1-27-14-5-2-12(3-6-14)17-9-19(26)24(11-22-17)10-18(25)23-13-4-7-15(20)16(21)8-13/h2-9,11H,10H2,1H3,(H,23,25). The van der Waals surface area contributed by atoms with Crippen molar-refractivity contribution in [3.05, 3.63) is 75.3 Å². The molecule has 1 N–H and O–H groups in total. The molecule has 0 radical (unpaired) electrons. The minimum absolute atomic E-state index is 0.172. The molecule has 8 heteroatoms. The Morgan fingerprint density at radius 3 is 2.48 bits per heavy atom. The van der Waals surface area contributed by atoms with Gasteiger partial charge in [-0.15, -0.1) is 0 Å². The summed E-state index contributed by atoms with van der Waals surface area (Å²) in [4.78, 5) is 28.7. The van der Waals surface area contributed by atoms with Crippen molar-refractivity contribution in [2.75, 3.05) is 12.4 Å². The number of methoxy groups -OCH3 is 1. The minimum atomic E-state index is -0.380. The van der Waals surface area contributed by atoms with Gasteiger partial charge in [-0.25, -0.2) is 4.98 Å². The molecule has 0 aliphatic heterocycles. The number of aromatic nitrogens is 2. The number of hydrogen-bond donors (Lipinski definition) is 1. The summed E-state index contributed by atoms with van der Waals surface area (Å²) in [6, 6.07) is 13.3. The molecule has 0 atom stereocenters. The molecule has 6 nitrogen and oxygen atoms in total. The van der Waals surface area contributed by atoms with Gasteiger partial charge in [0, 0.05) is 17.3 Å². The lowest BCUT2D eigenvalue weighted by Gasteiger charge is -2.09. The maximum Gasteiger partial charge on any atom is 0.254 e. The predicted octanol–water partition coefficient (Wildman–Crippen LogP) is 3.86. The number of benzene rings is 2. The lowest BCUT2D eigenvalue weighted by Crippen LogP contribution is -2.27. The number of hydrogen-bond acceptors (Lipinski definition) is 4. The van der Waals surface area contributed by atoms with Crippen molar-refractivity contribution < 1.29 is 9.53 Å². The molecule has 138 valence electrons. The van der Waals surface area contributed by atoms with Gasteiger partial charge in [0.1, 0.15) is 12.3 Å². The lowest BCUT2D eigenvalue weighted by molar-refractivity contribution is -0.116. The Labute approximate surface area is 165 Å². The summed E-state index contributed by atoms with van der Waals surface area (Å²) in [5.41, 5.74) is 1.45. The van der Waals surface area contributed by atoms with Gasteiger partial charge in [0.15, 0.2) is 0 Å². The van der Waals surface area contributed by atoms with Gasteiger partial charge in [0.25, 0.3) is 5.56 Å². The summed E-state index contributed by atoms with van der Waals surface area (Å²) in [6.07, 6.45) is 1.34. The average molecular weight is 404 g/mol. The molecule has 0 unspecified atom stereocenters. The molecule has 0 aliphatic carbocycles. The smallest absolute Gasteiger partial charge is 0.254 e. The highest BCUT2D eigenvalue weighted by Gasteiger charge is 2.09. The second kappa shape index (κ2) is 8.24. The number of halogens is 2. The van der Waals surface area contributed by atoms with E-state index in [0.717, 1.165) is 5.56 Å². The number of nitrogens with one attached hydrogen (secondary N) is 1. The molecule has 0 spiro atoms. The van der Waals surface area contributed by atoms with Gasteiger partial charge >= 0.3 is 0 Å². The van der Waals surface area contributed by atoms with E-state index >= 15 is 0 Å². The van der Waals surface area contributed by atoms with E-state index in [0.29, 0.717) is 27.2 Å². The third-order valence-electron chi connectivity index (χ3n) is 3.78. The fourth-order valence-corrected chi connectivity index (χ4v) is 2.69.